The van der Waals surface area contributed by atoms with Crippen LogP contribution in [0.15, 0.2) is 54.6 Å². The summed E-state index contributed by atoms with van der Waals surface area (Å²) in [6.45, 7) is 1.01. The normalized spacial score (nSPS) is 10.3. The fourth-order valence-electron chi connectivity index (χ4n) is 2.43. The summed E-state index contributed by atoms with van der Waals surface area (Å²) in [6.07, 6.45) is 0. The van der Waals surface area contributed by atoms with E-state index in [1.807, 2.05) is 24.3 Å². The fourth-order valence-corrected chi connectivity index (χ4v) is 2.43. The van der Waals surface area contributed by atoms with Gasteiger partial charge in [-0.05, 0) is 36.4 Å². The number of benzene rings is 2. The van der Waals surface area contributed by atoms with Gasteiger partial charge in [-0.2, -0.15) is 0 Å². The van der Waals surface area contributed by atoms with Crippen molar-refractivity contribution in [3.63, 3.8) is 0 Å². The Balaban J connectivity index is 1.53. The van der Waals surface area contributed by atoms with Crippen molar-refractivity contribution in [3.8, 4) is 0 Å². The van der Waals surface area contributed by atoms with E-state index in [1.165, 1.54) is 6.92 Å². The number of carbonyl (C=O) groups excluding carboxylic acids is 3. The van der Waals surface area contributed by atoms with Gasteiger partial charge in [0.1, 0.15) is 5.69 Å². The van der Waals surface area contributed by atoms with Gasteiger partial charge in [0.15, 0.2) is 6.61 Å². The van der Waals surface area contributed by atoms with Gasteiger partial charge in [0, 0.05) is 29.2 Å². The zero-order chi connectivity index (χ0) is 18.5. The van der Waals surface area contributed by atoms with Crippen molar-refractivity contribution in [2.24, 2.45) is 0 Å². The Labute approximate surface area is 149 Å². The average molecular weight is 351 g/mol. The van der Waals surface area contributed by atoms with Crippen LogP contribution in [0.5, 0.6) is 0 Å². The smallest absolute Gasteiger partial charge is 0.355 e. The molecular weight excluding hydrogens is 334 g/mol. The first-order valence-electron chi connectivity index (χ1n) is 7.93. The van der Waals surface area contributed by atoms with Gasteiger partial charge >= 0.3 is 5.97 Å². The van der Waals surface area contributed by atoms with Gasteiger partial charge in [-0.25, -0.2) is 4.79 Å². The number of ether oxygens (including phenoxy) is 1. The van der Waals surface area contributed by atoms with E-state index >= 15 is 0 Å². The Bertz CT molecular complexity index is 927. The Morgan fingerprint density at radius 3 is 2.27 bits per heavy atom. The number of hydrogen-bond acceptors (Lipinski definition) is 4. The minimum absolute atomic E-state index is 0.175. The van der Waals surface area contributed by atoms with E-state index in [-0.39, 0.29) is 5.91 Å². The first kappa shape index (κ1) is 17.2. The number of para-hydroxylation sites is 1. The standard InChI is InChI=1S/C19H17N3O4/c1-12(23)20-14-6-8-15(9-7-14)21-18(24)11-26-19(25)17-10-13-4-2-3-5-16(13)22-17/h2-10,22H,11H2,1H3,(H,20,23)(H,21,24). The van der Waals surface area contributed by atoms with E-state index in [4.69, 9.17) is 4.74 Å². The average Bonchev–Trinajstić information content (AvgIpc) is 3.05. The zero-order valence-corrected chi connectivity index (χ0v) is 14.0. The third-order valence-electron chi connectivity index (χ3n) is 3.57. The van der Waals surface area contributed by atoms with Crippen molar-refractivity contribution in [2.45, 2.75) is 6.92 Å². The molecule has 3 rings (SSSR count). The lowest BCUT2D eigenvalue weighted by molar-refractivity contribution is -0.119. The highest BCUT2D eigenvalue weighted by Crippen LogP contribution is 2.16. The number of aromatic amines is 1. The van der Waals surface area contributed by atoms with Gasteiger partial charge in [-0.15, -0.1) is 0 Å². The maximum atomic E-state index is 12.0. The van der Waals surface area contributed by atoms with E-state index in [9.17, 15) is 14.4 Å². The second-order valence-corrected chi connectivity index (χ2v) is 5.65. The van der Waals surface area contributed by atoms with E-state index in [0.29, 0.717) is 17.1 Å². The number of nitrogens with one attached hydrogen (secondary N) is 3. The number of carbonyl (C=O) groups is 3. The predicted molar refractivity (Wildman–Crippen MR) is 98.0 cm³/mol. The molecule has 3 aromatic rings. The van der Waals surface area contributed by atoms with Gasteiger partial charge in [0.05, 0.1) is 0 Å². The SMILES string of the molecule is CC(=O)Nc1ccc(NC(=O)COC(=O)c2cc3ccccc3[nH]2)cc1. The number of aromatic nitrogens is 1. The second-order valence-electron chi connectivity index (χ2n) is 5.65. The minimum atomic E-state index is -0.600. The summed E-state index contributed by atoms with van der Waals surface area (Å²) < 4.78 is 5.03. The highest BCUT2D eigenvalue weighted by molar-refractivity contribution is 5.97. The third kappa shape index (κ3) is 4.27. The minimum Gasteiger partial charge on any atom is -0.451 e. The molecule has 3 N–H and O–H groups in total. The van der Waals surface area contributed by atoms with E-state index in [1.54, 1.807) is 30.3 Å². The van der Waals surface area contributed by atoms with Gasteiger partial charge in [0.2, 0.25) is 5.91 Å². The van der Waals surface area contributed by atoms with Gasteiger partial charge in [0.25, 0.3) is 5.91 Å². The summed E-state index contributed by atoms with van der Waals surface area (Å²) in [5, 5.41) is 6.14. The first-order chi connectivity index (χ1) is 12.5. The molecule has 0 atom stereocenters. The summed E-state index contributed by atoms with van der Waals surface area (Å²) in [7, 11) is 0. The lowest BCUT2D eigenvalue weighted by Gasteiger charge is -2.07. The molecule has 2 aromatic carbocycles. The van der Waals surface area contributed by atoms with Crippen molar-refractivity contribution in [1.29, 1.82) is 0 Å². The number of anilines is 2. The number of H-pyrrole nitrogens is 1. The zero-order valence-electron chi connectivity index (χ0n) is 14.0. The molecule has 132 valence electrons. The molecule has 7 heteroatoms. The van der Waals surface area contributed by atoms with E-state index in [2.05, 4.69) is 15.6 Å². The van der Waals surface area contributed by atoms with Crippen LogP contribution in [-0.2, 0) is 14.3 Å². The Morgan fingerprint density at radius 1 is 0.962 bits per heavy atom. The topological polar surface area (TPSA) is 100 Å². The van der Waals surface area contributed by atoms with Crippen molar-refractivity contribution >= 4 is 40.1 Å². The Hall–Kier alpha value is -3.61. The van der Waals surface area contributed by atoms with Crippen LogP contribution < -0.4 is 10.6 Å². The van der Waals surface area contributed by atoms with Gasteiger partial charge in [-0.1, -0.05) is 18.2 Å². The van der Waals surface area contributed by atoms with E-state index in [0.717, 1.165) is 10.9 Å². The molecule has 2 amide bonds. The number of amides is 2. The quantitative estimate of drug-likeness (QED) is 0.615. The van der Waals surface area contributed by atoms with Crippen LogP contribution in [0.2, 0.25) is 0 Å². The Morgan fingerprint density at radius 2 is 1.62 bits per heavy atom. The van der Waals surface area contributed by atoms with Crippen LogP contribution in [0.25, 0.3) is 10.9 Å². The predicted octanol–water partition coefficient (Wildman–Crippen LogP) is 2.92. The van der Waals surface area contributed by atoms with Crippen LogP contribution in [0.1, 0.15) is 17.4 Å². The number of rotatable bonds is 5. The molecule has 0 radical (unpaired) electrons. The fraction of sp³-hybridized carbons (Fsp3) is 0.105. The molecule has 0 spiro atoms. The Kier molecular flexibility index (Phi) is 4.98. The first-order valence-corrected chi connectivity index (χ1v) is 7.93. The van der Waals surface area contributed by atoms with Crippen LogP contribution in [-0.4, -0.2) is 29.4 Å². The molecule has 0 saturated carbocycles. The van der Waals surface area contributed by atoms with Crippen molar-refractivity contribution < 1.29 is 19.1 Å². The molecule has 0 bridgehead atoms. The lowest BCUT2D eigenvalue weighted by Crippen LogP contribution is -2.21. The molecule has 1 aromatic heterocycles. The van der Waals surface area contributed by atoms with Gasteiger partial charge < -0.3 is 20.4 Å². The van der Waals surface area contributed by atoms with E-state index < -0.39 is 18.5 Å². The summed E-state index contributed by atoms with van der Waals surface area (Å²) in [5.74, 6) is -1.23. The summed E-state index contributed by atoms with van der Waals surface area (Å²) in [5.41, 5.74) is 2.27. The highest BCUT2D eigenvalue weighted by atomic mass is 16.5. The van der Waals surface area contributed by atoms with Crippen molar-refractivity contribution in [3.05, 3.63) is 60.3 Å². The number of fused-ring (bicyclic) bond motifs is 1. The monoisotopic (exact) mass is 351 g/mol. The molecule has 1 heterocycles. The molecular formula is C19H17N3O4. The maximum Gasteiger partial charge on any atom is 0.355 e. The molecule has 26 heavy (non-hydrogen) atoms. The molecule has 0 saturated heterocycles. The lowest BCUT2D eigenvalue weighted by atomic mass is 10.2. The highest BCUT2D eigenvalue weighted by Gasteiger charge is 2.13. The van der Waals surface area contributed by atoms with Crippen LogP contribution in [0.4, 0.5) is 11.4 Å². The summed E-state index contributed by atoms with van der Waals surface area (Å²) in [6, 6.07) is 15.7. The molecule has 0 unspecified atom stereocenters. The largest absolute Gasteiger partial charge is 0.451 e. The molecule has 0 fully saturated rings. The van der Waals surface area contributed by atoms with Crippen LogP contribution in [0.3, 0.4) is 0 Å². The molecule has 7 nitrogen and oxygen atoms in total. The third-order valence-corrected chi connectivity index (χ3v) is 3.57. The van der Waals surface area contributed by atoms with Crippen LogP contribution in [0, 0.1) is 0 Å². The molecule has 0 aliphatic heterocycles. The summed E-state index contributed by atoms with van der Waals surface area (Å²) >= 11 is 0. The number of esters is 1. The van der Waals surface area contributed by atoms with Crippen molar-refractivity contribution in [1.82, 2.24) is 4.98 Å². The maximum absolute atomic E-state index is 12.0. The second kappa shape index (κ2) is 7.52. The number of hydrogen-bond donors (Lipinski definition) is 3. The van der Waals surface area contributed by atoms with Gasteiger partial charge in [-0.3, -0.25) is 9.59 Å². The van der Waals surface area contributed by atoms with Crippen molar-refractivity contribution in [2.75, 3.05) is 17.2 Å². The molecule has 0 aliphatic rings. The summed E-state index contributed by atoms with van der Waals surface area (Å²) in [4.78, 5) is 37.9. The van der Waals surface area contributed by atoms with Crippen LogP contribution >= 0.6 is 0 Å². The molecule has 0 aliphatic carbocycles.